The Kier molecular flexibility index (Phi) is 5.50. The van der Waals surface area contributed by atoms with Gasteiger partial charge in [0.2, 0.25) is 0 Å². The van der Waals surface area contributed by atoms with Crippen molar-refractivity contribution in [2.45, 2.75) is 55.7 Å². The lowest BCUT2D eigenvalue weighted by Gasteiger charge is -2.34. The molecule has 1 aliphatic heterocycles. The van der Waals surface area contributed by atoms with Crippen molar-refractivity contribution in [3.05, 3.63) is 40.6 Å². The van der Waals surface area contributed by atoms with Crippen LogP contribution in [0.4, 0.5) is 0 Å². The number of carbonyl (C=O) groups is 1. The van der Waals surface area contributed by atoms with Crippen LogP contribution in [0.1, 0.15) is 53.7 Å². The number of carbonyl (C=O) groups excluding carboxylic acids is 1. The molecule has 1 aliphatic rings. The van der Waals surface area contributed by atoms with Crippen LogP contribution in [0, 0.1) is 6.92 Å². The summed E-state index contributed by atoms with van der Waals surface area (Å²) in [5, 5.41) is 10.2. The fourth-order valence-corrected chi connectivity index (χ4v) is 5.55. The first-order valence-corrected chi connectivity index (χ1v) is 11.2. The van der Waals surface area contributed by atoms with Crippen molar-refractivity contribution < 1.29 is 9.21 Å². The van der Waals surface area contributed by atoms with Crippen LogP contribution >= 0.6 is 23.1 Å². The summed E-state index contributed by atoms with van der Waals surface area (Å²) < 4.78 is 6.98. The standard InChI is InChI=1S/C20H23N3O2S2/c1-3-14-8-6-7-11-23(14)19(24)18-16(12-26-20-22-21-13(2)27-20)15-9-4-5-10-17(15)25-18/h4-5,9-10,14H,3,6-8,11-12H2,1-2H3. The number of nitrogens with zero attached hydrogens (tertiary/aromatic N) is 3. The minimum Gasteiger partial charge on any atom is -0.451 e. The highest BCUT2D eigenvalue weighted by Gasteiger charge is 2.31. The Labute approximate surface area is 167 Å². The second-order valence-corrected chi connectivity index (χ2v) is 9.24. The molecule has 2 aromatic heterocycles. The van der Waals surface area contributed by atoms with Crippen LogP contribution in [0.2, 0.25) is 0 Å². The fourth-order valence-electron chi connectivity index (χ4n) is 3.71. The maximum absolute atomic E-state index is 13.4. The Morgan fingerprint density at radius 3 is 2.96 bits per heavy atom. The number of hydrogen-bond donors (Lipinski definition) is 0. The summed E-state index contributed by atoms with van der Waals surface area (Å²) in [4.78, 5) is 15.4. The van der Waals surface area contributed by atoms with Gasteiger partial charge >= 0.3 is 0 Å². The average Bonchev–Trinajstić information content (AvgIpc) is 3.29. The molecule has 1 unspecified atom stereocenters. The molecule has 0 saturated carbocycles. The molecule has 1 aromatic carbocycles. The number of hydrogen-bond acceptors (Lipinski definition) is 6. The maximum Gasteiger partial charge on any atom is 0.290 e. The SMILES string of the molecule is CCC1CCCCN1C(=O)c1oc2ccccc2c1CSc1nnc(C)s1. The van der Waals surface area contributed by atoms with E-state index in [0.29, 0.717) is 17.6 Å². The topological polar surface area (TPSA) is 59.2 Å². The Morgan fingerprint density at radius 1 is 1.33 bits per heavy atom. The molecule has 5 nitrogen and oxygen atoms in total. The summed E-state index contributed by atoms with van der Waals surface area (Å²) in [6.45, 7) is 4.92. The summed E-state index contributed by atoms with van der Waals surface area (Å²) in [7, 11) is 0. The molecule has 0 bridgehead atoms. The van der Waals surface area contributed by atoms with Gasteiger partial charge in [0.1, 0.15) is 10.6 Å². The lowest BCUT2D eigenvalue weighted by molar-refractivity contribution is 0.0577. The molecule has 142 valence electrons. The molecule has 1 atom stereocenters. The normalized spacial score (nSPS) is 17.6. The van der Waals surface area contributed by atoms with Gasteiger partial charge in [-0.3, -0.25) is 4.79 Å². The molecule has 27 heavy (non-hydrogen) atoms. The number of fused-ring (bicyclic) bond motifs is 1. The van der Waals surface area contributed by atoms with E-state index in [1.807, 2.05) is 36.1 Å². The summed E-state index contributed by atoms with van der Waals surface area (Å²) in [6.07, 6.45) is 4.33. The smallest absolute Gasteiger partial charge is 0.290 e. The zero-order valence-electron chi connectivity index (χ0n) is 15.6. The van der Waals surface area contributed by atoms with E-state index < -0.39 is 0 Å². The molecule has 4 rings (SSSR count). The van der Waals surface area contributed by atoms with E-state index in [2.05, 4.69) is 17.1 Å². The molecular formula is C20H23N3O2S2. The highest BCUT2D eigenvalue weighted by atomic mass is 32.2. The first-order chi connectivity index (χ1) is 13.2. The van der Waals surface area contributed by atoms with Gasteiger partial charge in [-0.15, -0.1) is 10.2 Å². The van der Waals surface area contributed by atoms with Crippen molar-refractivity contribution in [3.8, 4) is 0 Å². The van der Waals surface area contributed by atoms with Gasteiger partial charge in [-0.1, -0.05) is 48.2 Å². The van der Waals surface area contributed by atoms with Crippen molar-refractivity contribution >= 4 is 40.0 Å². The molecular weight excluding hydrogens is 378 g/mol. The van der Waals surface area contributed by atoms with Gasteiger partial charge < -0.3 is 9.32 Å². The number of amides is 1. The van der Waals surface area contributed by atoms with E-state index in [4.69, 9.17) is 4.42 Å². The van der Waals surface area contributed by atoms with Crippen molar-refractivity contribution in [3.63, 3.8) is 0 Å². The molecule has 1 saturated heterocycles. The molecule has 7 heteroatoms. The number of thioether (sulfide) groups is 1. The number of para-hydroxylation sites is 1. The van der Waals surface area contributed by atoms with E-state index in [1.165, 1.54) is 6.42 Å². The van der Waals surface area contributed by atoms with Crippen molar-refractivity contribution in [1.82, 2.24) is 15.1 Å². The van der Waals surface area contributed by atoms with Crippen LogP contribution in [-0.2, 0) is 5.75 Å². The lowest BCUT2D eigenvalue weighted by atomic mass is 9.99. The molecule has 3 heterocycles. The van der Waals surface area contributed by atoms with E-state index >= 15 is 0 Å². The molecule has 0 N–H and O–H groups in total. The van der Waals surface area contributed by atoms with Gasteiger partial charge in [-0.25, -0.2) is 0 Å². The first kappa shape index (κ1) is 18.5. The minimum atomic E-state index is 0.0294. The Hall–Kier alpha value is -1.86. The van der Waals surface area contributed by atoms with Gasteiger partial charge in [0.05, 0.1) is 0 Å². The summed E-state index contributed by atoms with van der Waals surface area (Å²) in [5.74, 6) is 1.17. The molecule has 1 fully saturated rings. The average molecular weight is 402 g/mol. The van der Waals surface area contributed by atoms with E-state index in [9.17, 15) is 4.79 Å². The number of aromatic nitrogens is 2. The molecule has 1 amide bonds. The number of aryl methyl sites for hydroxylation is 1. The summed E-state index contributed by atoms with van der Waals surface area (Å²) >= 11 is 3.19. The van der Waals surface area contributed by atoms with Crippen LogP contribution in [0.15, 0.2) is 33.0 Å². The van der Waals surface area contributed by atoms with E-state index in [0.717, 1.165) is 51.7 Å². The van der Waals surface area contributed by atoms with Gasteiger partial charge in [-0.2, -0.15) is 0 Å². The van der Waals surface area contributed by atoms with Crippen molar-refractivity contribution in [2.24, 2.45) is 0 Å². The van der Waals surface area contributed by atoms with E-state index in [-0.39, 0.29) is 5.91 Å². The minimum absolute atomic E-state index is 0.0294. The predicted molar refractivity (Wildman–Crippen MR) is 109 cm³/mol. The monoisotopic (exact) mass is 401 g/mol. The van der Waals surface area contributed by atoms with Gasteiger partial charge in [0, 0.05) is 29.3 Å². The predicted octanol–water partition coefficient (Wildman–Crippen LogP) is 5.29. The number of piperidine rings is 1. The van der Waals surface area contributed by atoms with Crippen molar-refractivity contribution in [1.29, 1.82) is 0 Å². The van der Waals surface area contributed by atoms with Crippen LogP contribution in [-0.4, -0.2) is 33.6 Å². The molecule has 0 spiro atoms. The highest BCUT2D eigenvalue weighted by molar-refractivity contribution is 8.00. The molecule has 3 aromatic rings. The Balaban J connectivity index is 1.67. The summed E-state index contributed by atoms with van der Waals surface area (Å²) in [5.41, 5.74) is 1.74. The second-order valence-electron chi connectivity index (χ2n) is 6.84. The Bertz CT molecular complexity index is 950. The third kappa shape index (κ3) is 3.75. The lowest BCUT2D eigenvalue weighted by Crippen LogP contribution is -2.43. The zero-order valence-corrected chi connectivity index (χ0v) is 17.2. The van der Waals surface area contributed by atoms with Gasteiger partial charge in [0.25, 0.3) is 5.91 Å². The van der Waals surface area contributed by atoms with Gasteiger partial charge in [-0.05, 0) is 38.7 Å². The second kappa shape index (κ2) is 8.02. The number of benzene rings is 1. The van der Waals surface area contributed by atoms with Gasteiger partial charge in [0.15, 0.2) is 10.1 Å². The highest BCUT2D eigenvalue weighted by Crippen LogP contribution is 2.34. The van der Waals surface area contributed by atoms with Crippen LogP contribution in [0.5, 0.6) is 0 Å². The maximum atomic E-state index is 13.4. The fraction of sp³-hybridized carbons (Fsp3) is 0.450. The van der Waals surface area contributed by atoms with Crippen LogP contribution in [0.3, 0.4) is 0 Å². The van der Waals surface area contributed by atoms with Crippen LogP contribution in [0.25, 0.3) is 11.0 Å². The third-order valence-corrected chi connectivity index (χ3v) is 7.10. The molecule has 0 radical (unpaired) electrons. The molecule has 0 aliphatic carbocycles. The quantitative estimate of drug-likeness (QED) is 0.544. The Morgan fingerprint density at radius 2 is 2.19 bits per heavy atom. The number of rotatable bonds is 5. The zero-order chi connectivity index (χ0) is 18.8. The third-order valence-electron chi connectivity index (χ3n) is 5.10. The van der Waals surface area contributed by atoms with Crippen molar-refractivity contribution in [2.75, 3.05) is 6.54 Å². The van der Waals surface area contributed by atoms with E-state index in [1.54, 1.807) is 23.1 Å². The number of likely N-dealkylation sites (tertiary alicyclic amines) is 1. The van der Waals surface area contributed by atoms with Crippen LogP contribution < -0.4 is 0 Å². The summed E-state index contributed by atoms with van der Waals surface area (Å²) in [6, 6.07) is 8.21. The number of furan rings is 1. The largest absolute Gasteiger partial charge is 0.451 e. The first-order valence-electron chi connectivity index (χ1n) is 9.41.